The summed E-state index contributed by atoms with van der Waals surface area (Å²) < 4.78 is 10.5. The zero-order chi connectivity index (χ0) is 21.3. The molecule has 2 unspecified atom stereocenters. The second-order valence-corrected chi connectivity index (χ2v) is 8.59. The second-order valence-electron chi connectivity index (χ2n) is 8.59. The molecule has 2 atom stereocenters. The molecule has 1 N–H and O–H groups in total. The van der Waals surface area contributed by atoms with E-state index in [4.69, 9.17) is 9.47 Å². The van der Waals surface area contributed by atoms with E-state index in [9.17, 15) is 14.4 Å². The first-order valence-corrected chi connectivity index (χ1v) is 11.6. The number of hydrogen-bond acceptors (Lipinski definition) is 6. The van der Waals surface area contributed by atoms with Crippen LogP contribution in [0.4, 0.5) is 0 Å². The lowest BCUT2D eigenvalue weighted by Gasteiger charge is -2.41. The van der Waals surface area contributed by atoms with E-state index in [-0.39, 0.29) is 42.8 Å². The van der Waals surface area contributed by atoms with Gasteiger partial charge in [0.05, 0.1) is 25.2 Å². The van der Waals surface area contributed by atoms with Crippen LogP contribution in [0.2, 0.25) is 0 Å². The molecule has 8 heteroatoms. The molecular weight excluding hydrogens is 386 g/mol. The third-order valence-corrected chi connectivity index (χ3v) is 6.55. The Morgan fingerprint density at radius 3 is 2.40 bits per heavy atom. The molecular formula is C22H37N3O5. The summed E-state index contributed by atoms with van der Waals surface area (Å²) in [4.78, 5) is 41.1. The summed E-state index contributed by atoms with van der Waals surface area (Å²) in [5, 5.41) is 3.14. The van der Waals surface area contributed by atoms with Crippen LogP contribution in [0.25, 0.3) is 0 Å². The highest BCUT2D eigenvalue weighted by Crippen LogP contribution is 2.31. The van der Waals surface area contributed by atoms with Crippen LogP contribution in [0.3, 0.4) is 0 Å². The first kappa shape index (κ1) is 23.0. The van der Waals surface area contributed by atoms with Gasteiger partial charge in [-0.05, 0) is 38.5 Å². The highest BCUT2D eigenvalue weighted by molar-refractivity contribution is 5.83. The summed E-state index contributed by atoms with van der Waals surface area (Å²) in [7, 11) is 0. The molecule has 0 radical (unpaired) electrons. The molecule has 0 spiro atoms. The van der Waals surface area contributed by atoms with Gasteiger partial charge in [-0.15, -0.1) is 0 Å². The van der Waals surface area contributed by atoms with Crippen molar-refractivity contribution in [3.05, 3.63) is 0 Å². The molecule has 2 aliphatic heterocycles. The second kappa shape index (κ2) is 11.6. The monoisotopic (exact) mass is 423 g/mol. The Bertz CT molecular complexity index is 579. The van der Waals surface area contributed by atoms with Crippen molar-refractivity contribution in [1.29, 1.82) is 0 Å². The number of esters is 1. The Morgan fingerprint density at radius 2 is 1.77 bits per heavy atom. The largest absolute Gasteiger partial charge is 0.466 e. The van der Waals surface area contributed by atoms with Gasteiger partial charge in [-0.1, -0.05) is 12.8 Å². The minimum Gasteiger partial charge on any atom is -0.466 e. The zero-order valence-corrected chi connectivity index (χ0v) is 18.3. The van der Waals surface area contributed by atoms with Crippen LogP contribution < -0.4 is 5.32 Å². The summed E-state index contributed by atoms with van der Waals surface area (Å²) in [6.45, 7) is 6.07. The Kier molecular flexibility index (Phi) is 8.93. The van der Waals surface area contributed by atoms with E-state index in [0.717, 1.165) is 32.3 Å². The lowest BCUT2D eigenvalue weighted by molar-refractivity contribution is -0.146. The lowest BCUT2D eigenvalue weighted by atomic mass is 9.95. The Balaban J connectivity index is 1.49. The van der Waals surface area contributed by atoms with Gasteiger partial charge >= 0.3 is 5.97 Å². The molecule has 1 aliphatic carbocycles. The first-order valence-electron chi connectivity index (χ1n) is 11.6. The minimum atomic E-state index is -0.325. The molecule has 3 aliphatic rings. The van der Waals surface area contributed by atoms with E-state index in [1.165, 1.54) is 12.8 Å². The number of carbonyl (C=O) groups excluding carboxylic acids is 3. The van der Waals surface area contributed by atoms with Crippen LogP contribution in [-0.4, -0.2) is 85.7 Å². The molecule has 30 heavy (non-hydrogen) atoms. The molecule has 2 amide bonds. The van der Waals surface area contributed by atoms with Crippen LogP contribution in [0, 0.1) is 5.92 Å². The van der Waals surface area contributed by atoms with Gasteiger partial charge in [-0.2, -0.15) is 0 Å². The van der Waals surface area contributed by atoms with Gasteiger partial charge in [-0.25, -0.2) is 0 Å². The SMILES string of the molecule is CCOC(=O)CCC(=O)N1CCN(C(C(=O)NCC2CCCO2)C2CCCC2)CC1. The highest BCUT2D eigenvalue weighted by atomic mass is 16.5. The van der Waals surface area contributed by atoms with Crippen molar-refractivity contribution >= 4 is 17.8 Å². The normalized spacial score (nSPS) is 24.0. The first-order chi connectivity index (χ1) is 14.6. The molecule has 0 bridgehead atoms. The molecule has 3 fully saturated rings. The molecule has 0 aromatic heterocycles. The summed E-state index contributed by atoms with van der Waals surface area (Å²) in [6.07, 6.45) is 7.11. The zero-order valence-electron chi connectivity index (χ0n) is 18.3. The van der Waals surface area contributed by atoms with Crippen molar-refractivity contribution in [1.82, 2.24) is 15.1 Å². The molecule has 0 aromatic carbocycles. The van der Waals surface area contributed by atoms with E-state index in [0.29, 0.717) is 45.2 Å². The van der Waals surface area contributed by atoms with E-state index in [1.54, 1.807) is 6.92 Å². The van der Waals surface area contributed by atoms with Crippen LogP contribution in [0.1, 0.15) is 58.3 Å². The molecule has 3 rings (SSSR count). The fourth-order valence-corrected chi connectivity index (χ4v) is 4.93. The maximum absolute atomic E-state index is 13.1. The summed E-state index contributed by atoms with van der Waals surface area (Å²) in [6, 6.07) is -0.120. The van der Waals surface area contributed by atoms with Gasteiger partial charge < -0.3 is 19.7 Å². The standard InChI is InChI=1S/C22H37N3O5/c1-2-29-20(27)10-9-19(26)24-11-13-25(14-12-24)21(17-6-3-4-7-17)22(28)23-16-18-8-5-15-30-18/h17-18,21H,2-16H2,1H3,(H,23,28). The average molecular weight is 424 g/mol. The summed E-state index contributed by atoms with van der Waals surface area (Å²) in [5.41, 5.74) is 0. The number of nitrogens with zero attached hydrogens (tertiary/aromatic N) is 2. The van der Waals surface area contributed by atoms with Crippen LogP contribution >= 0.6 is 0 Å². The van der Waals surface area contributed by atoms with E-state index in [1.807, 2.05) is 4.90 Å². The number of carbonyl (C=O) groups is 3. The molecule has 2 heterocycles. The van der Waals surface area contributed by atoms with E-state index >= 15 is 0 Å². The van der Waals surface area contributed by atoms with Gasteiger partial charge in [0.2, 0.25) is 11.8 Å². The third-order valence-electron chi connectivity index (χ3n) is 6.55. The van der Waals surface area contributed by atoms with Crippen LogP contribution in [0.15, 0.2) is 0 Å². The predicted molar refractivity (Wildman–Crippen MR) is 112 cm³/mol. The fraction of sp³-hybridized carbons (Fsp3) is 0.864. The van der Waals surface area contributed by atoms with Crippen molar-refractivity contribution < 1.29 is 23.9 Å². The summed E-state index contributed by atoms with van der Waals surface area (Å²) >= 11 is 0. The number of nitrogens with one attached hydrogen (secondary N) is 1. The van der Waals surface area contributed by atoms with Crippen molar-refractivity contribution in [3.8, 4) is 0 Å². The van der Waals surface area contributed by atoms with Crippen molar-refractivity contribution in [3.63, 3.8) is 0 Å². The number of rotatable bonds is 9. The maximum Gasteiger partial charge on any atom is 0.306 e. The van der Waals surface area contributed by atoms with Crippen LogP contribution in [0.5, 0.6) is 0 Å². The Hall–Kier alpha value is -1.67. The van der Waals surface area contributed by atoms with Gasteiger partial charge in [0.25, 0.3) is 0 Å². The van der Waals surface area contributed by atoms with Gasteiger partial charge in [-0.3, -0.25) is 19.3 Å². The minimum absolute atomic E-state index is 0.0112. The van der Waals surface area contributed by atoms with Gasteiger partial charge in [0, 0.05) is 45.8 Å². The molecule has 0 aromatic rings. The predicted octanol–water partition coefficient (Wildman–Crippen LogP) is 1.33. The molecule has 170 valence electrons. The van der Waals surface area contributed by atoms with E-state index < -0.39 is 0 Å². The average Bonchev–Trinajstić information content (AvgIpc) is 3.46. The number of piperazine rings is 1. The lowest BCUT2D eigenvalue weighted by Crippen LogP contribution is -2.58. The van der Waals surface area contributed by atoms with Crippen molar-refractivity contribution in [2.75, 3.05) is 45.9 Å². The number of amides is 2. The van der Waals surface area contributed by atoms with Crippen LogP contribution in [-0.2, 0) is 23.9 Å². The van der Waals surface area contributed by atoms with Crippen molar-refractivity contribution in [2.45, 2.75) is 70.4 Å². The topological polar surface area (TPSA) is 88.2 Å². The molecule has 1 saturated carbocycles. The maximum atomic E-state index is 13.1. The van der Waals surface area contributed by atoms with Crippen molar-refractivity contribution in [2.24, 2.45) is 5.92 Å². The van der Waals surface area contributed by atoms with Gasteiger partial charge in [0.15, 0.2) is 0 Å². The smallest absolute Gasteiger partial charge is 0.306 e. The molecule has 8 nitrogen and oxygen atoms in total. The highest BCUT2D eigenvalue weighted by Gasteiger charge is 2.37. The van der Waals surface area contributed by atoms with E-state index in [2.05, 4.69) is 10.2 Å². The summed E-state index contributed by atoms with van der Waals surface area (Å²) in [5.74, 6) is 0.164. The van der Waals surface area contributed by atoms with Gasteiger partial charge in [0.1, 0.15) is 0 Å². The Labute approximate surface area is 179 Å². The Morgan fingerprint density at radius 1 is 1.03 bits per heavy atom. The number of ether oxygens (including phenoxy) is 2. The third kappa shape index (κ3) is 6.41. The quantitative estimate of drug-likeness (QED) is 0.563. The fourth-order valence-electron chi connectivity index (χ4n) is 4.93. The number of hydrogen-bond donors (Lipinski definition) is 1. The molecule has 2 saturated heterocycles.